The Morgan fingerprint density at radius 2 is 1.71 bits per heavy atom. The fourth-order valence-electron chi connectivity index (χ4n) is 2.23. The van der Waals surface area contributed by atoms with Crippen molar-refractivity contribution in [2.75, 3.05) is 19.6 Å². The van der Waals surface area contributed by atoms with Crippen LogP contribution in [0.5, 0.6) is 0 Å². The van der Waals surface area contributed by atoms with E-state index in [9.17, 15) is 4.79 Å². The molecule has 0 bridgehead atoms. The summed E-state index contributed by atoms with van der Waals surface area (Å²) in [6, 6.07) is 13.7. The Morgan fingerprint density at radius 3 is 2.33 bits per heavy atom. The maximum Gasteiger partial charge on any atom is 0.253 e. The van der Waals surface area contributed by atoms with E-state index >= 15 is 0 Å². The number of carbonyl (C=O) groups excluding carboxylic acids is 1. The molecule has 0 aliphatic heterocycles. The van der Waals surface area contributed by atoms with Gasteiger partial charge in [0.05, 0.1) is 17.0 Å². The Kier molecular flexibility index (Phi) is 11.0. The molecule has 0 unspecified atom stereocenters. The summed E-state index contributed by atoms with van der Waals surface area (Å²) < 4.78 is 0. The first-order valence-corrected chi connectivity index (χ1v) is 7.74. The maximum atomic E-state index is 12.2. The van der Waals surface area contributed by atoms with Gasteiger partial charge in [-0.15, -0.1) is 24.8 Å². The quantitative estimate of drug-likeness (QED) is 0.732. The molecule has 0 radical (unpaired) electrons. The number of carbonyl (C=O) groups is 1. The summed E-state index contributed by atoms with van der Waals surface area (Å²) in [7, 11) is 0. The van der Waals surface area contributed by atoms with Crippen LogP contribution in [0.25, 0.3) is 11.3 Å². The first-order valence-electron chi connectivity index (χ1n) is 7.74. The van der Waals surface area contributed by atoms with Crippen LogP contribution in [0.3, 0.4) is 0 Å². The first kappa shape index (κ1) is 22.4. The second-order valence-corrected chi connectivity index (χ2v) is 5.20. The van der Waals surface area contributed by atoms with E-state index in [1.54, 1.807) is 0 Å². The van der Waals surface area contributed by atoms with Gasteiger partial charge in [0.15, 0.2) is 0 Å². The predicted molar refractivity (Wildman–Crippen MR) is 104 cm³/mol. The standard InChI is InChI=1S/C18H23N3O.2ClH/c1-3-11-19-12-13-20-18(22)16-9-10-17(21-14(16)2)15-7-5-4-6-8-15;;/h4-10,19H,3,11-13H2,1-2H3,(H,20,22);2*1H. The van der Waals surface area contributed by atoms with Gasteiger partial charge in [-0.25, -0.2) is 0 Å². The highest BCUT2D eigenvalue weighted by molar-refractivity contribution is 5.95. The number of benzene rings is 1. The fraction of sp³-hybridized carbons (Fsp3) is 0.333. The average Bonchev–Trinajstić information content (AvgIpc) is 2.55. The number of rotatable bonds is 7. The monoisotopic (exact) mass is 369 g/mol. The normalized spacial score (nSPS) is 9.58. The third-order valence-corrected chi connectivity index (χ3v) is 3.41. The highest BCUT2D eigenvalue weighted by Gasteiger charge is 2.10. The van der Waals surface area contributed by atoms with Crippen LogP contribution in [-0.4, -0.2) is 30.5 Å². The van der Waals surface area contributed by atoms with E-state index in [0.717, 1.165) is 36.5 Å². The van der Waals surface area contributed by atoms with Crippen LogP contribution < -0.4 is 10.6 Å². The molecule has 1 heterocycles. The van der Waals surface area contributed by atoms with Crippen molar-refractivity contribution in [1.29, 1.82) is 0 Å². The summed E-state index contributed by atoms with van der Waals surface area (Å²) in [5.41, 5.74) is 3.33. The van der Waals surface area contributed by atoms with Gasteiger partial charge in [-0.3, -0.25) is 9.78 Å². The van der Waals surface area contributed by atoms with Crippen LogP contribution in [0.2, 0.25) is 0 Å². The van der Waals surface area contributed by atoms with Gasteiger partial charge < -0.3 is 10.6 Å². The average molecular weight is 370 g/mol. The maximum absolute atomic E-state index is 12.2. The van der Waals surface area contributed by atoms with E-state index in [-0.39, 0.29) is 30.7 Å². The number of hydrogen-bond acceptors (Lipinski definition) is 3. The van der Waals surface area contributed by atoms with E-state index in [0.29, 0.717) is 12.1 Å². The van der Waals surface area contributed by atoms with Crippen molar-refractivity contribution in [3.05, 3.63) is 53.7 Å². The largest absolute Gasteiger partial charge is 0.351 e. The third-order valence-electron chi connectivity index (χ3n) is 3.41. The van der Waals surface area contributed by atoms with Crippen LogP contribution in [0.15, 0.2) is 42.5 Å². The number of hydrogen-bond donors (Lipinski definition) is 2. The summed E-state index contributed by atoms with van der Waals surface area (Å²) >= 11 is 0. The van der Waals surface area contributed by atoms with Gasteiger partial charge in [0, 0.05) is 18.7 Å². The van der Waals surface area contributed by atoms with Crippen molar-refractivity contribution in [3.63, 3.8) is 0 Å². The molecule has 0 aliphatic carbocycles. The molecule has 0 spiro atoms. The Labute approximate surface area is 156 Å². The van der Waals surface area contributed by atoms with Crippen LogP contribution in [0.4, 0.5) is 0 Å². The van der Waals surface area contributed by atoms with Gasteiger partial charge in [0.25, 0.3) is 5.91 Å². The highest BCUT2D eigenvalue weighted by atomic mass is 35.5. The third kappa shape index (κ3) is 6.48. The van der Waals surface area contributed by atoms with Gasteiger partial charge in [0.1, 0.15) is 0 Å². The molecule has 132 valence electrons. The molecule has 6 heteroatoms. The summed E-state index contributed by atoms with van der Waals surface area (Å²) in [6.07, 6.45) is 1.10. The molecule has 0 saturated carbocycles. The minimum absolute atomic E-state index is 0. The summed E-state index contributed by atoms with van der Waals surface area (Å²) in [6.45, 7) is 6.38. The Bertz CT molecular complexity index is 621. The topological polar surface area (TPSA) is 54.0 Å². The number of nitrogens with zero attached hydrogens (tertiary/aromatic N) is 1. The van der Waals surface area contributed by atoms with Crippen LogP contribution in [0.1, 0.15) is 29.4 Å². The van der Waals surface area contributed by atoms with Crippen molar-refractivity contribution in [2.24, 2.45) is 0 Å². The lowest BCUT2D eigenvalue weighted by Gasteiger charge is -2.09. The lowest BCUT2D eigenvalue weighted by Crippen LogP contribution is -2.32. The van der Waals surface area contributed by atoms with E-state index in [1.165, 1.54) is 0 Å². The van der Waals surface area contributed by atoms with Crippen molar-refractivity contribution in [1.82, 2.24) is 15.6 Å². The summed E-state index contributed by atoms with van der Waals surface area (Å²) in [4.78, 5) is 16.7. The zero-order valence-electron chi connectivity index (χ0n) is 14.0. The van der Waals surface area contributed by atoms with Gasteiger partial charge >= 0.3 is 0 Å². The lowest BCUT2D eigenvalue weighted by atomic mass is 10.1. The second kappa shape index (κ2) is 11.8. The summed E-state index contributed by atoms with van der Waals surface area (Å²) in [5, 5.41) is 6.17. The van der Waals surface area contributed by atoms with E-state index < -0.39 is 0 Å². The SMILES string of the molecule is CCCNCCNC(=O)c1ccc(-c2ccccc2)nc1C.Cl.Cl. The zero-order valence-corrected chi connectivity index (χ0v) is 15.7. The predicted octanol–water partition coefficient (Wildman–Crippen LogP) is 3.63. The van der Waals surface area contributed by atoms with Crippen LogP contribution in [0, 0.1) is 6.92 Å². The molecule has 1 aromatic heterocycles. The Morgan fingerprint density at radius 1 is 1.00 bits per heavy atom. The van der Waals surface area contributed by atoms with Crippen molar-refractivity contribution >= 4 is 30.7 Å². The first-order chi connectivity index (χ1) is 10.7. The molecule has 0 saturated heterocycles. The minimum atomic E-state index is -0.0667. The number of aromatic nitrogens is 1. The van der Waals surface area contributed by atoms with Gasteiger partial charge in [-0.2, -0.15) is 0 Å². The minimum Gasteiger partial charge on any atom is -0.351 e. The molecule has 2 N–H and O–H groups in total. The van der Waals surface area contributed by atoms with E-state index in [4.69, 9.17) is 0 Å². The molecular weight excluding hydrogens is 345 g/mol. The number of halogens is 2. The molecule has 2 rings (SSSR count). The molecule has 1 aromatic carbocycles. The lowest BCUT2D eigenvalue weighted by molar-refractivity contribution is 0.0953. The van der Waals surface area contributed by atoms with E-state index in [1.807, 2.05) is 49.4 Å². The molecule has 24 heavy (non-hydrogen) atoms. The highest BCUT2D eigenvalue weighted by Crippen LogP contribution is 2.18. The molecule has 2 aromatic rings. The molecule has 4 nitrogen and oxygen atoms in total. The summed E-state index contributed by atoms with van der Waals surface area (Å²) in [5.74, 6) is -0.0667. The van der Waals surface area contributed by atoms with Gasteiger partial charge in [-0.1, -0.05) is 37.3 Å². The van der Waals surface area contributed by atoms with Crippen molar-refractivity contribution in [3.8, 4) is 11.3 Å². The Balaban J connectivity index is 0.00000264. The zero-order chi connectivity index (χ0) is 15.8. The fourth-order valence-corrected chi connectivity index (χ4v) is 2.23. The molecule has 1 amide bonds. The number of aryl methyl sites for hydroxylation is 1. The number of amides is 1. The van der Waals surface area contributed by atoms with Crippen molar-refractivity contribution < 1.29 is 4.79 Å². The smallest absolute Gasteiger partial charge is 0.253 e. The number of pyridine rings is 1. The molecule has 0 aliphatic rings. The molecule has 0 fully saturated rings. The number of nitrogens with one attached hydrogen (secondary N) is 2. The van der Waals surface area contributed by atoms with Crippen LogP contribution in [-0.2, 0) is 0 Å². The van der Waals surface area contributed by atoms with Gasteiger partial charge in [0.2, 0.25) is 0 Å². The molecule has 0 atom stereocenters. The van der Waals surface area contributed by atoms with Gasteiger partial charge in [-0.05, 0) is 32.0 Å². The van der Waals surface area contributed by atoms with Crippen molar-refractivity contribution in [2.45, 2.75) is 20.3 Å². The molecular formula is C18H25Cl2N3O. The van der Waals surface area contributed by atoms with Crippen LogP contribution >= 0.6 is 24.8 Å². The second-order valence-electron chi connectivity index (χ2n) is 5.20. The Hall–Kier alpha value is -1.62. The van der Waals surface area contributed by atoms with E-state index in [2.05, 4.69) is 22.5 Å².